The number of aromatic nitrogens is 2. The summed E-state index contributed by atoms with van der Waals surface area (Å²) in [6.07, 6.45) is 1.63. The van der Waals surface area contributed by atoms with Crippen molar-refractivity contribution in [3.8, 4) is 11.5 Å². The Hall–Kier alpha value is -2.70. The largest absolute Gasteiger partial charge is 0.494 e. The summed E-state index contributed by atoms with van der Waals surface area (Å²) in [6.45, 7) is 2.62. The summed E-state index contributed by atoms with van der Waals surface area (Å²) >= 11 is 9.35. The predicted molar refractivity (Wildman–Crippen MR) is 132 cm³/mol. The molecule has 166 valence electrons. The van der Waals surface area contributed by atoms with Crippen LogP contribution in [0.1, 0.15) is 12.8 Å². The van der Waals surface area contributed by atoms with E-state index in [1.165, 1.54) is 0 Å². The van der Waals surface area contributed by atoms with Gasteiger partial charge in [-0.15, -0.1) is 0 Å². The molecule has 0 saturated heterocycles. The van der Waals surface area contributed by atoms with Crippen LogP contribution < -0.4 is 15.1 Å². The molecule has 1 N–H and O–H groups in total. The van der Waals surface area contributed by atoms with Gasteiger partial charge in [0.25, 0.3) is 0 Å². The summed E-state index contributed by atoms with van der Waals surface area (Å²) in [7, 11) is 0. The number of fused-ring (bicyclic) bond motifs is 1. The average Bonchev–Trinajstić information content (AvgIpc) is 3.07. The van der Waals surface area contributed by atoms with Gasteiger partial charge in [0.15, 0.2) is 0 Å². The number of hydrogen-bond acceptors (Lipinski definition) is 3. The molecule has 0 radical (unpaired) electrons. The van der Waals surface area contributed by atoms with Gasteiger partial charge in [0.05, 0.1) is 24.2 Å². The third-order valence-corrected chi connectivity index (χ3v) is 5.97. The Morgan fingerprint density at radius 1 is 0.719 bits per heavy atom. The fraction of sp³-hybridized carbons (Fsp3) is 0.240. The Balaban J connectivity index is 1.36. The SMILES string of the molecule is N=c1n(CCCOc2ccc(Cl)cc2)c2ccccc2n1CCCOc1ccc(Br)cc1. The van der Waals surface area contributed by atoms with Gasteiger partial charge >= 0.3 is 0 Å². The van der Waals surface area contributed by atoms with Crippen LogP contribution in [0, 0.1) is 5.41 Å². The first-order valence-electron chi connectivity index (χ1n) is 10.6. The molecular formula is C25H25BrClN3O2. The van der Waals surface area contributed by atoms with E-state index in [2.05, 4.69) is 37.2 Å². The fourth-order valence-electron chi connectivity index (χ4n) is 3.63. The number of benzene rings is 3. The van der Waals surface area contributed by atoms with Crippen LogP contribution in [0.4, 0.5) is 0 Å². The van der Waals surface area contributed by atoms with Gasteiger partial charge in [0.2, 0.25) is 5.62 Å². The smallest absolute Gasteiger partial charge is 0.202 e. The molecule has 0 atom stereocenters. The zero-order valence-electron chi connectivity index (χ0n) is 17.6. The van der Waals surface area contributed by atoms with Gasteiger partial charge in [0, 0.05) is 22.6 Å². The number of nitrogens with zero attached hydrogens (tertiary/aromatic N) is 2. The van der Waals surface area contributed by atoms with Crippen LogP contribution in [0.25, 0.3) is 11.0 Å². The van der Waals surface area contributed by atoms with Crippen molar-refractivity contribution in [3.05, 3.63) is 87.9 Å². The topological polar surface area (TPSA) is 52.2 Å². The Morgan fingerprint density at radius 2 is 1.19 bits per heavy atom. The first-order valence-corrected chi connectivity index (χ1v) is 11.8. The molecule has 0 spiro atoms. The Labute approximate surface area is 200 Å². The van der Waals surface area contributed by atoms with Crippen molar-refractivity contribution in [2.75, 3.05) is 13.2 Å². The Morgan fingerprint density at radius 3 is 1.69 bits per heavy atom. The Kier molecular flexibility index (Phi) is 7.55. The molecule has 0 fully saturated rings. The zero-order valence-corrected chi connectivity index (χ0v) is 20.0. The van der Waals surface area contributed by atoms with Crippen LogP contribution in [0.2, 0.25) is 5.02 Å². The maximum atomic E-state index is 8.75. The quantitative estimate of drug-likeness (QED) is 0.253. The highest BCUT2D eigenvalue weighted by Gasteiger charge is 2.10. The van der Waals surface area contributed by atoms with Gasteiger partial charge in [-0.3, -0.25) is 5.41 Å². The molecule has 7 heteroatoms. The van der Waals surface area contributed by atoms with Gasteiger partial charge in [-0.05, 0) is 73.5 Å². The van der Waals surface area contributed by atoms with E-state index in [-0.39, 0.29) is 0 Å². The van der Waals surface area contributed by atoms with Crippen molar-refractivity contribution in [2.24, 2.45) is 0 Å². The summed E-state index contributed by atoms with van der Waals surface area (Å²) in [5, 5.41) is 9.44. The second-order valence-electron chi connectivity index (χ2n) is 7.43. The molecule has 4 rings (SSSR count). The van der Waals surface area contributed by atoms with Crippen molar-refractivity contribution in [1.82, 2.24) is 9.13 Å². The minimum atomic E-state index is 0.501. The van der Waals surface area contributed by atoms with Gasteiger partial charge in [0.1, 0.15) is 11.5 Å². The summed E-state index contributed by atoms with van der Waals surface area (Å²) in [5.74, 6) is 1.66. The summed E-state index contributed by atoms with van der Waals surface area (Å²) in [4.78, 5) is 0. The van der Waals surface area contributed by atoms with Gasteiger partial charge < -0.3 is 18.6 Å². The molecule has 0 saturated carbocycles. The predicted octanol–water partition coefficient (Wildman–Crippen LogP) is 6.28. The van der Waals surface area contributed by atoms with Crippen molar-refractivity contribution in [3.63, 3.8) is 0 Å². The number of imidazole rings is 1. The first kappa shape index (κ1) is 22.5. The molecule has 0 bridgehead atoms. The van der Waals surface area contributed by atoms with E-state index in [1.54, 1.807) is 0 Å². The number of rotatable bonds is 10. The molecular weight excluding hydrogens is 490 g/mol. The van der Waals surface area contributed by atoms with E-state index >= 15 is 0 Å². The van der Waals surface area contributed by atoms with E-state index in [1.807, 2.05) is 60.7 Å². The number of ether oxygens (including phenoxy) is 2. The normalized spacial score (nSPS) is 11.1. The van der Waals surface area contributed by atoms with E-state index in [4.69, 9.17) is 26.5 Å². The molecule has 1 heterocycles. The third kappa shape index (κ3) is 5.56. The molecule has 0 amide bonds. The lowest BCUT2D eigenvalue weighted by atomic mass is 10.3. The molecule has 0 aliphatic carbocycles. The Bertz CT molecular complexity index is 1120. The molecule has 0 aliphatic heterocycles. The minimum absolute atomic E-state index is 0.501. The third-order valence-electron chi connectivity index (χ3n) is 5.19. The number of hydrogen-bond donors (Lipinski definition) is 1. The van der Waals surface area contributed by atoms with Crippen LogP contribution in [0.3, 0.4) is 0 Å². The molecule has 4 aromatic rings. The number of aryl methyl sites for hydroxylation is 2. The highest BCUT2D eigenvalue weighted by molar-refractivity contribution is 9.10. The highest BCUT2D eigenvalue weighted by Crippen LogP contribution is 2.18. The number of nitrogens with one attached hydrogen (secondary N) is 1. The van der Waals surface area contributed by atoms with Crippen LogP contribution in [0.5, 0.6) is 11.5 Å². The van der Waals surface area contributed by atoms with E-state index in [9.17, 15) is 0 Å². The van der Waals surface area contributed by atoms with Gasteiger partial charge in [-0.2, -0.15) is 0 Å². The van der Waals surface area contributed by atoms with Crippen LogP contribution in [-0.4, -0.2) is 22.3 Å². The molecule has 3 aromatic carbocycles. The monoisotopic (exact) mass is 513 g/mol. The average molecular weight is 515 g/mol. The molecule has 5 nitrogen and oxygen atoms in total. The number of halogens is 2. The van der Waals surface area contributed by atoms with E-state index < -0.39 is 0 Å². The maximum Gasteiger partial charge on any atom is 0.202 e. The fourth-order valence-corrected chi connectivity index (χ4v) is 4.02. The van der Waals surface area contributed by atoms with Crippen molar-refractivity contribution in [2.45, 2.75) is 25.9 Å². The lowest BCUT2D eigenvalue weighted by Gasteiger charge is -2.08. The highest BCUT2D eigenvalue weighted by atomic mass is 79.9. The maximum absolute atomic E-state index is 8.75. The summed E-state index contributed by atoms with van der Waals surface area (Å²) < 4.78 is 16.8. The molecule has 0 aliphatic rings. The molecule has 32 heavy (non-hydrogen) atoms. The van der Waals surface area contributed by atoms with Crippen molar-refractivity contribution in [1.29, 1.82) is 5.41 Å². The lowest BCUT2D eigenvalue weighted by Crippen LogP contribution is -2.26. The van der Waals surface area contributed by atoms with Crippen LogP contribution >= 0.6 is 27.5 Å². The lowest BCUT2D eigenvalue weighted by molar-refractivity contribution is 0.297. The van der Waals surface area contributed by atoms with Gasteiger partial charge in [-0.25, -0.2) is 0 Å². The number of para-hydroxylation sites is 2. The molecule has 0 unspecified atom stereocenters. The summed E-state index contributed by atoms with van der Waals surface area (Å²) in [6, 6.07) is 23.4. The van der Waals surface area contributed by atoms with Gasteiger partial charge in [-0.1, -0.05) is 39.7 Å². The standard InChI is InChI=1S/C25H25BrClN3O2/c26-19-7-11-21(12-8-19)31-17-3-15-29-23-5-1-2-6-24(23)30(25(29)28)16-4-18-32-22-13-9-20(27)10-14-22/h1-2,5-14,28H,3-4,15-18H2. The molecule has 1 aromatic heterocycles. The van der Waals surface area contributed by atoms with Crippen molar-refractivity contribution >= 4 is 38.6 Å². The second kappa shape index (κ2) is 10.7. The van der Waals surface area contributed by atoms with Crippen LogP contribution in [0.15, 0.2) is 77.3 Å². The van der Waals surface area contributed by atoms with Crippen LogP contribution in [-0.2, 0) is 13.1 Å². The zero-order chi connectivity index (χ0) is 22.3. The first-order chi connectivity index (χ1) is 15.6. The summed E-state index contributed by atoms with van der Waals surface area (Å²) in [5.41, 5.74) is 2.64. The minimum Gasteiger partial charge on any atom is -0.494 e. The van der Waals surface area contributed by atoms with E-state index in [0.717, 1.165) is 52.9 Å². The van der Waals surface area contributed by atoms with E-state index in [0.29, 0.717) is 23.9 Å². The van der Waals surface area contributed by atoms with Crippen molar-refractivity contribution < 1.29 is 9.47 Å². The second-order valence-corrected chi connectivity index (χ2v) is 8.78.